The zero-order valence-corrected chi connectivity index (χ0v) is 13.5. The van der Waals surface area contributed by atoms with Crippen LogP contribution in [-0.2, 0) is 14.3 Å². The van der Waals surface area contributed by atoms with Crippen molar-refractivity contribution in [3.8, 4) is 0 Å². The molecule has 1 fully saturated rings. The Morgan fingerprint density at radius 2 is 1.90 bits per heavy atom. The predicted molar refractivity (Wildman–Crippen MR) is 80.0 cm³/mol. The molecule has 0 radical (unpaired) electrons. The molecule has 0 aromatic carbocycles. The fraction of sp³-hybridized carbons (Fsp3) is 0.867. The van der Waals surface area contributed by atoms with E-state index < -0.39 is 23.7 Å². The van der Waals surface area contributed by atoms with E-state index in [0.717, 1.165) is 32.4 Å². The monoisotopic (exact) mass is 300 g/mol. The number of nitrogens with one attached hydrogen (secondary N) is 2. The number of hydrogen-bond acceptors (Lipinski definition) is 5. The van der Waals surface area contributed by atoms with Gasteiger partial charge < -0.3 is 20.1 Å². The van der Waals surface area contributed by atoms with E-state index in [1.807, 2.05) is 0 Å². The van der Waals surface area contributed by atoms with Gasteiger partial charge in [-0.1, -0.05) is 0 Å². The van der Waals surface area contributed by atoms with Crippen molar-refractivity contribution in [3.63, 3.8) is 0 Å². The quantitative estimate of drug-likeness (QED) is 0.758. The van der Waals surface area contributed by atoms with Crippen molar-refractivity contribution in [2.75, 3.05) is 20.2 Å². The van der Waals surface area contributed by atoms with Crippen molar-refractivity contribution < 1.29 is 19.1 Å². The van der Waals surface area contributed by atoms with Gasteiger partial charge in [0.1, 0.15) is 11.6 Å². The van der Waals surface area contributed by atoms with E-state index in [9.17, 15) is 9.59 Å². The molecule has 1 aliphatic rings. The van der Waals surface area contributed by atoms with Crippen molar-refractivity contribution >= 4 is 12.1 Å². The summed E-state index contributed by atoms with van der Waals surface area (Å²) in [4.78, 5) is 23.6. The highest BCUT2D eigenvalue weighted by molar-refractivity contribution is 5.81. The lowest BCUT2D eigenvalue weighted by Gasteiger charge is -2.25. The largest absolute Gasteiger partial charge is 0.467 e. The molecule has 0 bridgehead atoms. The van der Waals surface area contributed by atoms with Gasteiger partial charge in [0.2, 0.25) is 0 Å². The maximum atomic E-state index is 11.8. The molecule has 0 aromatic rings. The Morgan fingerprint density at radius 1 is 1.29 bits per heavy atom. The topological polar surface area (TPSA) is 76.7 Å². The molecule has 6 nitrogen and oxygen atoms in total. The molecule has 1 amide bonds. The van der Waals surface area contributed by atoms with E-state index in [4.69, 9.17) is 9.47 Å². The molecule has 1 saturated heterocycles. The first-order valence-electron chi connectivity index (χ1n) is 7.60. The van der Waals surface area contributed by atoms with Crippen LogP contribution in [0.25, 0.3) is 0 Å². The molecule has 0 spiro atoms. The standard InChI is InChI=1S/C15H28N2O4/c1-15(2,3)21-14(19)17-12(13(18)20-4)6-5-11-7-9-16-10-8-11/h11-12,16H,5-10H2,1-4H3,(H,17,19)/t12-/m1/s1. The number of amides is 1. The average molecular weight is 300 g/mol. The van der Waals surface area contributed by atoms with Crippen molar-refractivity contribution in [2.45, 2.75) is 58.1 Å². The minimum Gasteiger partial charge on any atom is -0.467 e. The number of hydrogen-bond donors (Lipinski definition) is 2. The summed E-state index contributed by atoms with van der Waals surface area (Å²) in [5.74, 6) is 0.175. The van der Waals surface area contributed by atoms with Gasteiger partial charge in [0.15, 0.2) is 0 Å². The van der Waals surface area contributed by atoms with Crippen molar-refractivity contribution in [3.05, 3.63) is 0 Å². The molecule has 1 rings (SSSR count). The lowest BCUT2D eigenvalue weighted by Crippen LogP contribution is -2.44. The van der Waals surface area contributed by atoms with Crippen LogP contribution in [0.4, 0.5) is 4.79 Å². The molecule has 0 aromatic heterocycles. The summed E-state index contributed by atoms with van der Waals surface area (Å²) >= 11 is 0. The van der Waals surface area contributed by atoms with E-state index in [0.29, 0.717) is 12.3 Å². The second-order valence-corrected chi connectivity index (χ2v) is 6.49. The van der Waals surface area contributed by atoms with Crippen molar-refractivity contribution in [2.24, 2.45) is 5.92 Å². The minimum atomic E-state index is -0.639. The lowest BCUT2D eigenvalue weighted by molar-refractivity contribution is -0.143. The highest BCUT2D eigenvalue weighted by Gasteiger charge is 2.26. The van der Waals surface area contributed by atoms with Gasteiger partial charge in [0.05, 0.1) is 7.11 Å². The molecule has 0 unspecified atom stereocenters. The summed E-state index contributed by atoms with van der Waals surface area (Å²) in [5, 5.41) is 5.93. The summed E-state index contributed by atoms with van der Waals surface area (Å²) in [7, 11) is 1.33. The highest BCUT2D eigenvalue weighted by atomic mass is 16.6. The zero-order valence-electron chi connectivity index (χ0n) is 13.5. The maximum absolute atomic E-state index is 11.8. The first-order valence-corrected chi connectivity index (χ1v) is 7.60. The Bertz CT molecular complexity index is 346. The molecule has 0 aliphatic carbocycles. The van der Waals surface area contributed by atoms with Crippen LogP contribution in [0.5, 0.6) is 0 Å². The zero-order chi connectivity index (χ0) is 15.9. The molecule has 21 heavy (non-hydrogen) atoms. The van der Waals surface area contributed by atoms with Gasteiger partial charge in [-0.15, -0.1) is 0 Å². The number of carbonyl (C=O) groups excluding carboxylic acids is 2. The summed E-state index contributed by atoms with van der Waals surface area (Å²) in [6, 6.07) is -0.639. The lowest BCUT2D eigenvalue weighted by atomic mass is 9.91. The number of piperidine rings is 1. The van der Waals surface area contributed by atoms with Crippen LogP contribution >= 0.6 is 0 Å². The Kier molecular flexibility index (Phi) is 6.95. The fourth-order valence-corrected chi connectivity index (χ4v) is 2.41. The van der Waals surface area contributed by atoms with Crippen LogP contribution in [0.2, 0.25) is 0 Å². The Balaban J connectivity index is 2.47. The third-order valence-corrected chi connectivity index (χ3v) is 3.50. The number of alkyl carbamates (subject to hydrolysis) is 1. The summed E-state index contributed by atoms with van der Waals surface area (Å²) in [6.45, 7) is 7.40. The number of carbonyl (C=O) groups is 2. The van der Waals surface area contributed by atoms with Gasteiger partial charge in [-0.3, -0.25) is 0 Å². The van der Waals surface area contributed by atoms with Gasteiger partial charge in [0.25, 0.3) is 0 Å². The van der Waals surface area contributed by atoms with Crippen LogP contribution in [0.3, 0.4) is 0 Å². The predicted octanol–water partition coefficient (Wildman–Crippen LogP) is 1.83. The SMILES string of the molecule is COC(=O)[C@@H](CCC1CCNCC1)NC(=O)OC(C)(C)C. The Morgan fingerprint density at radius 3 is 2.43 bits per heavy atom. The first kappa shape index (κ1) is 17.8. The van der Waals surface area contributed by atoms with Crippen LogP contribution < -0.4 is 10.6 Å². The number of esters is 1. The molecule has 1 aliphatic heterocycles. The molecule has 1 atom stereocenters. The van der Waals surface area contributed by atoms with Crippen LogP contribution in [-0.4, -0.2) is 43.9 Å². The fourth-order valence-electron chi connectivity index (χ4n) is 2.41. The summed E-state index contributed by atoms with van der Waals surface area (Å²) in [5.41, 5.74) is -0.584. The highest BCUT2D eigenvalue weighted by Crippen LogP contribution is 2.19. The first-order chi connectivity index (χ1) is 9.81. The van der Waals surface area contributed by atoms with Crippen molar-refractivity contribution in [1.82, 2.24) is 10.6 Å². The second kappa shape index (κ2) is 8.22. The van der Waals surface area contributed by atoms with E-state index in [-0.39, 0.29) is 0 Å². The number of methoxy groups -OCH3 is 1. The Labute approximate surface area is 126 Å². The molecule has 122 valence electrons. The minimum absolute atomic E-state index is 0.421. The van der Waals surface area contributed by atoms with Crippen LogP contribution in [0.15, 0.2) is 0 Å². The molecular weight excluding hydrogens is 272 g/mol. The van der Waals surface area contributed by atoms with Gasteiger partial charge in [0, 0.05) is 0 Å². The molecule has 6 heteroatoms. The molecule has 1 heterocycles. The van der Waals surface area contributed by atoms with Gasteiger partial charge in [-0.2, -0.15) is 0 Å². The third kappa shape index (κ3) is 7.32. The van der Waals surface area contributed by atoms with Gasteiger partial charge >= 0.3 is 12.1 Å². The maximum Gasteiger partial charge on any atom is 0.408 e. The van der Waals surface area contributed by atoms with Gasteiger partial charge in [-0.25, -0.2) is 9.59 Å². The summed E-state index contributed by atoms with van der Waals surface area (Å²) < 4.78 is 9.95. The summed E-state index contributed by atoms with van der Waals surface area (Å²) in [6.07, 6.45) is 3.12. The third-order valence-electron chi connectivity index (χ3n) is 3.50. The normalized spacial score (nSPS) is 17.9. The number of rotatable bonds is 5. The van der Waals surface area contributed by atoms with E-state index in [1.54, 1.807) is 20.8 Å². The second-order valence-electron chi connectivity index (χ2n) is 6.49. The van der Waals surface area contributed by atoms with Crippen LogP contribution in [0.1, 0.15) is 46.5 Å². The average Bonchev–Trinajstić information content (AvgIpc) is 2.41. The van der Waals surface area contributed by atoms with Gasteiger partial charge in [-0.05, 0) is 65.5 Å². The molecular formula is C15H28N2O4. The van der Waals surface area contributed by atoms with E-state index >= 15 is 0 Å². The van der Waals surface area contributed by atoms with Crippen LogP contribution in [0, 0.1) is 5.92 Å². The van der Waals surface area contributed by atoms with E-state index in [1.165, 1.54) is 7.11 Å². The van der Waals surface area contributed by atoms with Crippen molar-refractivity contribution in [1.29, 1.82) is 0 Å². The molecule has 0 saturated carbocycles. The van der Waals surface area contributed by atoms with E-state index in [2.05, 4.69) is 10.6 Å². The number of ether oxygens (including phenoxy) is 2. The molecule has 2 N–H and O–H groups in total. The smallest absolute Gasteiger partial charge is 0.408 e. The Hall–Kier alpha value is -1.30.